The van der Waals surface area contributed by atoms with Crippen LogP contribution < -0.4 is 10.6 Å². The van der Waals surface area contributed by atoms with Crippen LogP contribution in [0.4, 0.5) is 5.69 Å². The number of carbonyl (C=O) groups is 2. The van der Waals surface area contributed by atoms with Crippen molar-refractivity contribution in [1.82, 2.24) is 5.32 Å². The van der Waals surface area contributed by atoms with E-state index in [0.717, 1.165) is 20.6 Å². The molecule has 0 unspecified atom stereocenters. The standard InChI is InChI=1S/C18H19BrN2O2S/c1-12-11-13(18(23)20-2)7-8-15(12)21-17(22)9-10-24-16-6-4-3-5-14(16)19/h3-8,11H,9-10H2,1-2H3,(H,20,23)(H,21,22). The second-order valence-electron chi connectivity index (χ2n) is 5.19. The number of halogens is 1. The van der Waals surface area contributed by atoms with E-state index in [2.05, 4.69) is 26.6 Å². The van der Waals surface area contributed by atoms with Gasteiger partial charge in [-0.15, -0.1) is 11.8 Å². The van der Waals surface area contributed by atoms with E-state index in [4.69, 9.17) is 0 Å². The molecule has 4 nitrogen and oxygen atoms in total. The molecule has 2 aromatic carbocycles. The molecule has 0 aliphatic rings. The van der Waals surface area contributed by atoms with Crippen LogP contribution in [0.5, 0.6) is 0 Å². The van der Waals surface area contributed by atoms with E-state index < -0.39 is 0 Å². The monoisotopic (exact) mass is 406 g/mol. The van der Waals surface area contributed by atoms with Crippen LogP contribution in [0.2, 0.25) is 0 Å². The van der Waals surface area contributed by atoms with Gasteiger partial charge in [0, 0.05) is 39.8 Å². The molecule has 2 rings (SSSR count). The van der Waals surface area contributed by atoms with Crippen LogP contribution in [-0.4, -0.2) is 24.6 Å². The molecule has 24 heavy (non-hydrogen) atoms. The minimum Gasteiger partial charge on any atom is -0.355 e. The van der Waals surface area contributed by atoms with Gasteiger partial charge in [0.1, 0.15) is 0 Å². The van der Waals surface area contributed by atoms with E-state index in [1.54, 1.807) is 37.0 Å². The first kappa shape index (κ1) is 18.5. The van der Waals surface area contributed by atoms with Crippen molar-refractivity contribution in [1.29, 1.82) is 0 Å². The lowest BCUT2D eigenvalue weighted by Gasteiger charge is -2.10. The smallest absolute Gasteiger partial charge is 0.251 e. The first-order chi connectivity index (χ1) is 11.5. The van der Waals surface area contributed by atoms with Gasteiger partial charge in [-0.3, -0.25) is 9.59 Å². The highest BCUT2D eigenvalue weighted by atomic mass is 79.9. The van der Waals surface area contributed by atoms with Gasteiger partial charge < -0.3 is 10.6 Å². The average Bonchev–Trinajstić information content (AvgIpc) is 2.57. The molecule has 0 bridgehead atoms. The van der Waals surface area contributed by atoms with Crippen molar-refractivity contribution in [2.24, 2.45) is 0 Å². The summed E-state index contributed by atoms with van der Waals surface area (Å²) in [6, 6.07) is 13.2. The number of amides is 2. The number of carbonyl (C=O) groups excluding carboxylic acids is 2. The van der Waals surface area contributed by atoms with Crippen molar-refractivity contribution in [2.75, 3.05) is 18.1 Å². The number of aryl methyl sites for hydroxylation is 1. The van der Waals surface area contributed by atoms with Crippen LogP contribution in [0.15, 0.2) is 51.8 Å². The van der Waals surface area contributed by atoms with Crippen molar-refractivity contribution in [2.45, 2.75) is 18.2 Å². The molecule has 2 aromatic rings. The molecule has 0 fully saturated rings. The van der Waals surface area contributed by atoms with Crippen molar-refractivity contribution in [3.05, 3.63) is 58.1 Å². The van der Waals surface area contributed by atoms with Gasteiger partial charge in [0.2, 0.25) is 5.91 Å². The Morgan fingerprint density at radius 1 is 1.17 bits per heavy atom. The van der Waals surface area contributed by atoms with Crippen LogP contribution in [0, 0.1) is 6.92 Å². The Kier molecular flexibility index (Phi) is 6.87. The topological polar surface area (TPSA) is 58.2 Å². The second kappa shape index (κ2) is 8.89. The Morgan fingerprint density at radius 2 is 1.92 bits per heavy atom. The molecule has 2 N–H and O–H groups in total. The average molecular weight is 407 g/mol. The highest BCUT2D eigenvalue weighted by Crippen LogP contribution is 2.27. The number of thioether (sulfide) groups is 1. The number of nitrogens with one attached hydrogen (secondary N) is 2. The van der Waals surface area contributed by atoms with E-state index in [-0.39, 0.29) is 11.8 Å². The lowest BCUT2D eigenvalue weighted by molar-refractivity contribution is -0.115. The number of rotatable bonds is 6. The fourth-order valence-corrected chi connectivity index (χ4v) is 3.63. The third-order valence-electron chi connectivity index (χ3n) is 3.41. The Balaban J connectivity index is 1.88. The Labute approximate surface area is 154 Å². The van der Waals surface area contributed by atoms with E-state index in [9.17, 15) is 9.59 Å². The van der Waals surface area contributed by atoms with E-state index in [1.807, 2.05) is 31.2 Å². The SMILES string of the molecule is CNC(=O)c1ccc(NC(=O)CCSc2ccccc2Br)c(C)c1. The van der Waals surface area contributed by atoms with Crippen LogP contribution in [-0.2, 0) is 4.79 Å². The van der Waals surface area contributed by atoms with Crippen LogP contribution in [0.3, 0.4) is 0 Å². The Hall–Kier alpha value is -1.79. The number of benzene rings is 2. The number of hydrogen-bond donors (Lipinski definition) is 2. The highest BCUT2D eigenvalue weighted by molar-refractivity contribution is 9.10. The lowest BCUT2D eigenvalue weighted by atomic mass is 10.1. The largest absolute Gasteiger partial charge is 0.355 e. The molecule has 2 amide bonds. The molecule has 0 spiro atoms. The lowest BCUT2D eigenvalue weighted by Crippen LogP contribution is -2.18. The molecule has 0 aliphatic heterocycles. The second-order valence-corrected chi connectivity index (χ2v) is 7.18. The molecule has 0 atom stereocenters. The molecule has 0 saturated heterocycles. The zero-order valence-corrected chi connectivity index (χ0v) is 16.0. The van der Waals surface area contributed by atoms with Crippen LogP contribution >= 0.6 is 27.7 Å². The predicted molar refractivity (Wildman–Crippen MR) is 103 cm³/mol. The summed E-state index contributed by atoms with van der Waals surface area (Å²) >= 11 is 5.14. The van der Waals surface area contributed by atoms with Crippen LogP contribution in [0.25, 0.3) is 0 Å². The molecule has 0 heterocycles. The summed E-state index contributed by atoms with van der Waals surface area (Å²) < 4.78 is 1.04. The fourth-order valence-electron chi connectivity index (χ4n) is 2.12. The van der Waals surface area contributed by atoms with E-state index >= 15 is 0 Å². The summed E-state index contributed by atoms with van der Waals surface area (Å²) in [5.41, 5.74) is 2.18. The van der Waals surface area contributed by atoms with Crippen molar-refractivity contribution < 1.29 is 9.59 Å². The molecule has 0 radical (unpaired) electrons. The zero-order chi connectivity index (χ0) is 17.5. The molecule has 0 aliphatic carbocycles. The van der Waals surface area contributed by atoms with Crippen LogP contribution in [0.1, 0.15) is 22.3 Å². The quantitative estimate of drug-likeness (QED) is 0.705. The van der Waals surface area contributed by atoms with Gasteiger partial charge in [-0.1, -0.05) is 12.1 Å². The maximum atomic E-state index is 12.1. The van der Waals surface area contributed by atoms with Gasteiger partial charge in [-0.05, 0) is 58.7 Å². The Morgan fingerprint density at radius 3 is 2.58 bits per heavy atom. The minimum absolute atomic E-state index is 0.0367. The first-order valence-corrected chi connectivity index (χ1v) is 9.29. The predicted octanol–water partition coefficient (Wildman–Crippen LogP) is 4.24. The maximum Gasteiger partial charge on any atom is 0.251 e. The first-order valence-electron chi connectivity index (χ1n) is 7.51. The molecule has 0 saturated carbocycles. The van der Waals surface area contributed by atoms with Gasteiger partial charge in [0.05, 0.1) is 0 Å². The Bertz CT molecular complexity index is 750. The summed E-state index contributed by atoms with van der Waals surface area (Å²) in [5.74, 6) is 0.523. The summed E-state index contributed by atoms with van der Waals surface area (Å²) in [6.07, 6.45) is 0.419. The third-order valence-corrected chi connectivity index (χ3v) is 5.44. The van der Waals surface area contributed by atoms with Crippen molar-refractivity contribution in [3.63, 3.8) is 0 Å². The van der Waals surface area contributed by atoms with Crippen molar-refractivity contribution in [3.8, 4) is 0 Å². The highest BCUT2D eigenvalue weighted by Gasteiger charge is 2.09. The fraction of sp³-hybridized carbons (Fsp3) is 0.222. The summed E-state index contributed by atoms with van der Waals surface area (Å²) in [7, 11) is 1.59. The minimum atomic E-state index is -0.138. The molecular weight excluding hydrogens is 388 g/mol. The number of anilines is 1. The summed E-state index contributed by atoms with van der Waals surface area (Å²) in [5, 5.41) is 5.48. The van der Waals surface area contributed by atoms with Gasteiger partial charge >= 0.3 is 0 Å². The third kappa shape index (κ3) is 5.11. The van der Waals surface area contributed by atoms with Gasteiger partial charge in [0.15, 0.2) is 0 Å². The molecule has 126 valence electrons. The summed E-state index contributed by atoms with van der Waals surface area (Å²) in [6.45, 7) is 1.87. The van der Waals surface area contributed by atoms with Crippen molar-refractivity contribution >= 4 is 45.2 Å². The molecule has 6 heteroatoms. The zero-order valence-electron chi connectivity index (χ0n) is 13.6. The van der Waals surface area contributed by atoms with Gasteiger partial charge in [-0.2, -0.15) is 0 Å². The molecular formula is C18H19BrN2O2S. The summed E-state index contributed by atoms with van der Waals surface area (Å²) in [4.78, 5) is 24.8. The van der Waals surface area contributed by atoms with Gasteiger partial charge in [0.25, 0.3) is 5.91 Å². The van der Waals surface area contributed by atoms with E-state index in [0.29, 0.717) is 17.7 Å². The number of hydrogen-bond acceptors (Lipinski definition) is 3. The van der Waals surface area contributed by atoms with E-state index in [1.165, 1.54) is 0 Å². The van der Waals surface area contributed by atoms with Gasteiger partial charge in [-0.25, -0.2) is 0 Å². The normalized spacial score (nSPS) is 10.3. The maximum absolute atomic E-state index is 12.1. The molecule has 0 aromatic heterocycles.